The Hall–Kier alpha value is -1.95. The molecule has 0 unspecified atom stereocenters. The summed E-state index contributed by atoms with van der Waals surface area (Å²) < 4.78 is 21.0. The molecule has 0 atom stereocenters. The molecular weight excluding hydrogens is 262 g/mol. The van der Waals surface area contributed by atoms with Crippen molar-refractivity contribution < 1.29 is 23.7 Å². The van der Waals surface area contributed by atoms with Crippen molar-refractivity contribution in [1.29, 1.82) is 0 Å². The third-order valence-corrected chi connectivity index (χ3v) is 3.16. The van der Waals surface area contributed by atoms with Crippen LogP contribution in [0.15, 0.2) is 12.1 Å². The zero-order chi connectivity index (χ0) is 14.5. The van der Waals surface area contributed by atoms with Gasteiger partial charge in [-0.25, -0.2) is 0 Å². The molecule has 6 heteroatoms. The summed E-state index contributed by atoms with van der Waals surface area (Å²) in [7, 11) is 4.57. The van der Waals surface area contributed by atoms with Gasteiger partial charge in [0.1, 0.15) is 6.73 Å². The van der Waals surface area contributed by atoms with Crippen molar-refractivity contribution in [2.24, 2.45) is 0 Å². The SMILES string of the molecule is COc1cc(C(=O)N2CCCOC2)cc(OC)c1OC. The Balaban J connectivity index is 2.33. The van der Waals surface area contributed by atoms with Crippen LogP contribution < -0.4 is 14.2 Å². The second kappa shape index (κ2) is 6.47. The second-order valence-corrected chi connectivity index (χ2v) is 4.37. The molecule has 1 aliphatic rings. The molecule has 1 amide bonds. The van der Waals surface area contributed by atoms with Gasteiger partial charge in [-0.1, -0.05) is 0 Å². The third kappa shape index (κ3) is 2.80. The van der Waals surface area contributed by atoms with E-state index in [9.17, 15) is 4.79 Å². The van der Waals surface area contributed by atoms with E-state index in [2.05, 4.69) is 0 Å². The molecule has 1 fully saturated rings. The first kappa shape index (κ1) is 14.5. The first-order chi connectivity index (χ1) is 9.71. The van der Waals surface area contributed by atoms with E-state index in [0.29, 0.717) is 42.7 Å². The van der Waals surface area contributed by atoms with E-state index in [1.165, 1.54) is 21.3 Å². The van der Waals surface area contributed by atoms with E-state index in [1.807, 2.05) is 0 Å². The van der Waals surface area contributed by atoms with Crippen LogP contribution in [0.25, 0.3) is 0 Å². The van der Waals surface area contributed by atoms with Gasteiger partial charge in [-0.3, -0.25) is 4.79 Å². The van der Waals surface area contributed by atoms with E-state index in [1.54, 1.807) is 17.0 Å². The molecule has 110 valence electrons. The van der Waals surface area contributed by atoms with E-state index in [4.69, 9.17) is 18.9 Å². The van der Waals surface area contributed by atoms with Gasteiger partial charge in [-0.15, -0.1) is 0 Å². The predicted octanol–water partition coefficient (Wildman–Crippen LogP) is 1.53. The maximum Gasteiger partial charge on any atom is 0.255 e. The van der Waals surface area contributed by atoms with Gasteiger partial charge in [0, 0.05) is 12.1 Å². The summed E-state index contributed by atoms with van der Waals surface area (Å²) in [6.07, 6.45) is 0.843. The smallest absolute Gasteiger partial charge is 0.255 e. The topological polar surface area (TPSA) is 57.2 Å². The van der Waals surface area contributed by atoms with Crippen LogP contribution in [0, 0.1) is 0 Å². The van der Waals surface area contributed by atoms with Crippen LogP contribution in [0.4, 0.5) is 0 Å². The van der Waals surface area contributed by atoms with Gasteiger partial charge in [-0.05, 0) is 18.6 Å². The molecule has 0 aliphatic carbocycles. The molecule has 1 aliphatic heterocycles. The Morgan fingerprint density at radius 3 is 2.25 bits per heavy atom. The van der Waals surface area contributed by atoms with Gasteiger partial charge in [0.25, 0.3) is 5.91 Å². The fraction of sp³-hybridized carbons (Fsp3) is 0.500. The normalized spacial score (nSPS) is 14.8. The van der Waals surface area contributed by atoms with E-state index >= 15 is 0 Å². The fourth-order valence-electron chi connectivity index (χ4n) is 2.14. The minimum atomic E-state index is -0.107. The maximum absolute atomic E-state index is 12.4. The van der Waals surface area contributed by atoms with Crippen LogP contribution in [0.3, 0.4) is 0 Å². The van der Waals surface area contributed by atoms with Gasteiger partial charge in [0.15, 0.2) is 11.5 Å². The molecule has 0 N–H and O–H groups in total. The molecule has 0 bridgehead atoms. The summed E-state index contributed by atoms with van der Waals surface area (Å²) in [6.45, 7) is 1.70. The highest BCUT2D eigenvalue weighted by molar-refractivity contribution is 5.95. The number of nitrogens with zero attached hydrogens (tertiary/aromatic N) is 1. The monoisotopic (exact) mass is 281 g/mol. The molecule has 0 saturated carbocycles. The van der Waals surface area contributed by atoms with Crippen LogP contribution in [0.2, 0.25) is 0 Å². The quantitative estimate of drug-likeness (QED) is 0.837. The Labute approximate surface area is 118 Å². The average molecular weight is 281 g/mol. The molecule has 0 aromatic heterocycles. The minimum Gasteiger partial charge on any atom is -0.493 e. The summed E-state index contributed by atoms with van der Waals surface area (Å²) in [6, 6.07) is 3.30. The molecule has 20 heavy (non-hydrogen) atoms. The van der Waals surface area contributed by atoms with Crippen LogP contribution in [-0.4, -0.2) is 52.0 Å². The van der Waals surface area contributed by atoms with Crippen molar-refractivity contribution in [3.05, 3.63) is 17.7 Å². The van der Waals surface area contributed by atoms with Crippen molar-refractivity contribution in [3.8, 4) is 17.2 Å². The summed E-state index contributed by atoms with van der Waals surface area (Å²) in [5.41, 5.74) is 0.491. The number of benzene rings is 1. The Bertz CT molecular complexity index is 457. The lowest BCUT2D eigenvalue weighted by Crippen LogP contribution is -2.38. The standard InChI is InChI=1S/C14H19NO5/c1-17-11-7-10(8-12(18-2)13(11)19-3)14(16)15-5-4-6-20-9-15/h7-8H,4-6,9H2,1-3H3. The first-order valence-corrected chi connectivity index (χ1v) is 6.38. The number of rotatable bonds is 4. The van der Waals surface area contributed by atoms with E-state index in [-0.39, 0.29) is 5.91 Å². The van der Waals surface area contributed by atoms with Crippen LogP contribution in [0.5, 0.6) is 17.2 Å². The highest BCUT2D eigenvalue weighted by Crippen LogP contribution is 2.38. The lowest BCUT2D eigenvalue weighted by Gasteiger charge is -2.27. The Morgan fingerprint density at radius 1 is 1.15 bits per heavy atom. The second-order valence-electron chi connectivity index (χ2n) is 4.37. The van der Waals surface area contributed by atoms with Gasteiger partial charge in [0.05, 0.1) is 27.9 Å². The number of hydrogen-bond donors (Lipinski definition) is 0. The zero-order valence-corrected chi connectivity index (χ0v) is 12.0. The minimum absolute atomic E-state index is 0.107. The van der Waals surface area contributed by atoms with Crippen LogP contribution in [0.1, 0.15) is 16.8 Å². The van der Waals surface area contributed by atoms with E-state index < -0.39 is 0 Å². The van der Waals surface area contributed by atoms with Crippen molar-refractivity contribution in [2.75, 3.05) is 41.2 Å². The van der Waals surface area contributed by atoms with Crippen molar-refractivity contribution >= 4 is 5.91 Å². The van der Waals surface area contributed by atoms with Crippen LogP contribution >= 0.6 is 0 Å². The Morgan fingerprint density at radius 2 is 1.80 bits per heavy atom. The third-order valence-electron chi connectivity index (χ3n) is 3.16. The van der Waals surface area contributed by atoms with Crippen molar-refractivity contribution in [3.63, 3.8) is 0 Å². The van der Waals surface area contributed by atoms with Gasteiger partial charge >= 0.3 is 0 Å². The van der Waals surface area contributed by atoms with E-state index in [0.717, 1.165) is 6.42 Å². The summed E-state index contributed by atoms with van der Waals surface area (Å²) in [4.78, 5) is 14.1. The predicted molar refractivity (Wildman–Crippen MR) is 72.6 cm³/mol. The van der Waals surface area contributed by atoms with Crippen molar-refractivity contribution in [2.45, 2.75) is 6.42 Å². The number of carbonyl (C=O) groups excluding carboxylic acids is 1. The maximum atomic E-state index is 12.4. The Kier molecular flexibility index (Phi) is 4.68. The number of ether oxygens (including phenoxy) is 4. The highest BCUT2D eigenvalue weighted by atomic mass is 16.5. The molecule has 0 spiro atoms. The lowest BCUT2D eigenvalue weighted by atomic mass is 10.1. The fourth-order valence-corrected chi connectivity index (χ4v) is 2.14. The molecule has 1 saturated heterocycles. The number of amides is 1. The summed E-state index contributed by atoms with van der Waals surface area (Å²) in [5, 5.41) is 0. The molecule has 0 radical (unpaired) electrons. The molecule has 1 aromatic rings. The van der Waals surface area contributed by atoms with Crippen LogP contribution in [-0.2, 0) is 4.74 Å². The number of hydrogen-bond acceptors (Lipinski definition) is 5. The molecule has 1 heterocycles. The molecule has 6 nitrogen and oxygen atoms in total. The molecule has 2 rings (SSSR count). The highest BCUT2D eigenvalue weighted by Gasteiger charge is 2.22. The average Bonchev–Trinajstić information content (AvgIpc) is 2.53. The summed E-state index contributed by atoms with van der Waals surface area (Å²) >= 11 is 0. The molecule has 1 aromatic carbocycles. The first-order valence-electron chi connectivity index (χ1n) is 6.38. The van der Waals surface area contributed by atoms with Gasteiger partial charge < -0.3 is 23.8 Å². The lowest BCUT2D eigenvalue weighted by molar-refractivity contribution is -0.00574. The zero-order valence-electron chi connectivity index (χ0n) is 12.0. The van der Waals surface area contributed by atoms with Gasteiger partial charge in [-0.2, -0.15) is 0 Å². The molecular formula is C14H19NO5. The van der Waals surface area contributed by atoms with Crippen molar-refractivity contribution in [1.82, 2.24) is 4.90 Å². The van der Waals surface area contributed by atoms with Gasteiger partial charge in [0.2, 0.25) is 5.75 Å². The summed E-state index contributed by atoms with van der Waals surface area (Å²) in [5.74, 6) is 1.30. The number of carbonyl (C=O) groups is 1. The number of methoxy groups -OCH3 is 3. The largest absolute Gasteiger partial charge is 0.493 e.